The average Bonchev–Trinajstić information content (AvgIpc) is 3.12. The smallest absolute Gasteiger partial charge is 0.179 e. The molecule has 0 aliphatic carbocycles. The van der Waals surface area contributed by atoms with Gasteiger partial charge in [0.1, 0.15) is 6.33 Å². The van der Waals surface area contributed by atoms with E-state index in [1.54, 1.807) is 19.6 Å². The molecule has 4 rings (SSSR count). The van der Waals surface area contributed by atoms with Gasteiger partial charge in [0.05, 0.1) is 13.3 Å². The minimum Gasteiger partial charge on any atom is -0.491 e. The average molecular weight is 369 g/mol. The normalized spacial score (nSPS) is 15.5. The van der Waals surface area contributed by atoms with Gasteiger partial charge in [-0.2, -0.15) is 0 Å². The zero-order chi connectivity index (χ0) is 17.8. The van der Waals surface area contributed by atoms with Crippen molar-refractivity contribution in [3.05, 3.63) is 47.7 Å². The Labute approximate surface area is 158 Å². The van der Waals surface area contributed by atoms with Gasteiger partial charge in [0, 0.05) is 30.9 Å². The van der Waals surface area contributed by atoms with Gasteiger partial charge >= 0.3 is 0 Å². The highest BCUT2D eigenvalue weighted by Gasteiger charge is 2.20. The molecule has 3 aromatic rings. The lowest BCUT2D eigenvalue weighted by atomic mass is 10.1. The number of thiophene rings is 1. The lowest BCUT2D eigenvalue weighted by Crippen LogP contribution is -2.47. The molecule has 6 heteroatoms. The van der Waals surface area contributed by atoms with Gasteiger partial charge in [-0.25, -0.2) is 9.97 Å². The molecule has 1 aromatic carbocycles. The minimum atomic E-state index is 0.755. The van der Waals surface area contributed by atoms with E-state index in [-0.39, 0.29) is 0 Å². The molecule has 26 heavy (non-hydrogen) atoms. The van der Waals surface area contributed by atoms with Crippen LogP contribution in [-0.4, -0.2) is 54.7 Å². The highest BCUT2D eigenvalue weighted by Crippen LogP contribution is 2.27. The second-order valence-electron chi connectivity index (χ2n) is 6.60. The molecule has 0 N–H and O–H groups in total. The minimum absolute atomic E-state index is 0.755. The van der Waals surface area contributed by atoms with Crippen LogP contribution in [0.5, 0.6) is 5.75 Å². The van der Waals surface area contributed by atoms with Gasteiger partial charge in [-0.3, -0.25) is 4.90 Å². The quantitative estimate of drug-likeness (QED) is 0.667. The predicted octanol–water partition coefficient (Wildman–Crippen LogP) is 3.45. The highest BCUT2D eigenvalue weighted by molar-refractivity contribution is 7.17. The van der Waals surface area contributed by atoms with Crippen molar-refractivity contribution in [1.82, 2.24) is 14.9 Å². The third kappa shape index (κ3) is 3.66. The first kappa shape index (κ1) is 17.2. The summed E-state index contributed by atoms with van der Waals surface area (Å²) in [7, 11) is 1.67. The fraction of sp³-hybridized carbons (Fsp3) is 0.400. The van der Waals surface area contributed by atoms with Gasteiger partial charge in [0.2, 0.25) is 0 Å². The third-order valence-corrected chi connectivity index (χ3v) is 6.04. The number of ether oxygens (including phenoxy) is 1. The van der Waals surface area contributed by atoms with Crippen molar-refractivity contribution in [3.8, 4) is 5.75 Å². The monoisotopic (exact) mass is 368 g/mol. The van der Waals surface area contributed by atoms with Crippen molar-refractivity contribution < 1.29 is 4.74 Å². The van der Waals surface area contributed by atoms with E-state index >= 15 is 0 Å². The van der Waals surface area contributed by atoms with E-state index in [9.17, 15) is 0 Å². The molecule has 0 amide bonds. The molecule has 0 atom stereocenters. The van der Waals surface area contributed by atoms with Crippen molar-refractivity contribution in [3.63, 3.8) is 0 Å². The Bertz CT molecular complexity index is 858. The molecule has 1 fully saturated rings. The molecule has 0 spiro atoms. The molecule has 3 heterocycles. The van der Waals surface area contributed by atoms with Crippen LogP contribution in [0.15, 0.2) is 42.2 Å². The molecule has 0 radical (unpaired) electrons. The second-order valence-corrected chi connectivity index (χ2v) is 7.52. The number of aryl methyl sites for hydroxylation is 1. The molecule has 1 aliphatic rings. The molecular weight excluding hydrogens is 344 g/mol. The van der Waals surface area contributed by atoms with Gasteiger partial charge in [-0.05, 0) is 41.8 Å². The van der Waals surface area contributed by atoms with E-state index in [2.05, 4.69) is 49.4 Å². The van der Waals surface area contributed by atoms with Crippen molar-refractivity contribution >= 4 is 27.2 Å². The zero-order valence-electron chi connectivity index (χ0n) is 15.1. The lowest BCUT2D eigenvalue weighted by molar-refractivity contribution is 0.253. The Morgan fingerprint density at radius 3 is 2.85 bits per heavy atom. The Kier molecular flexibility index (Phi) is 5.32. The standard InChI is InChI=1S/C20H24N4OS/c1-25-18-13-21-15-22-20(18)24-11-9-23(10-12-24)8-4-5-16-14-26-19-7-3-2-6-17(16)19/h2-3,6-7,13-15H,4-5,8-12H2,1H3. The number of rotatable bonds is 6. The fourth-order valence-electron chi connectivity index (χ4n) is 3.59. The fourth-order valence-corrected chi connectivity index (χ4v) is 4.59. The number of hydrogen-bond acceptors (Lipinski definition) is 6. The van der Waals surface area contributed by atoms with E-state index in [0.717, 1.165) is 50.7 Å². The van der Waals surface area contributed by atoms with Crippen molar-refractivity contribution in [2.24, 2.45) is 0 Å². The van der Waals surface area contributed by atoms with E-state index in [1.165, 1.54) is 22.1 Å². The second kappa shape index (κ2) is 8.01. The zero-order valence-corrected chi connectivity index (χ0v) is 15.9. The molecule has 2 aromatic heterocycles. The van der Waals surface area contributed by atoms with Crippen molar-refractivity contribution in [2.75, 3.05) is 44.7 Å². The molecule has 0 unspecified atom stereocenters. The number of benzene rings is 1. The number of anilines is 1. The number of fused-ring (bicyclic) bond motifs is 1. The van der Waals surface area contributed by atoms with Crippen LogP contribution in [0, 0.1) is 0 Å². The van der Waals surface area contributed by atoms with Gasteiger partial charge in [0.15, 0.2) is 11.6 Å². The first-order valence-corrected chi connectivity index (χ1v) is 9.99. The third-order valence-electron chi connectivity index (χ3n) is 5.03. The van der Waals surface area contributed by atoms with Crippen LogP contribution in [0.25, 0.3) is 10.1 Å². The predicted molar refractivity (Wildman–Crippen MR) is 107 cm³/mol. The van der Waals surface area contributed by atoms with Crippen LogP contribution >= 0.6 is 11.3 Å². The lowest BCUT2D eigenvalue weighted by Gasteiger charge is -2.35. The van der Waals surface area contributed by atoms with E-state index in [4.69, 9.17) is 4.74 Å². The number of aromatic nitrogens is 2. The molecule has 0 saturated carbocycles. The van der Waals surface area contributed by atoms with Gasteiger partial charge in [0.25, 0.3) is 0 Å². The molecule has 0 bridgehead atoms. The maximum atomic E-state index is 5.39. The van der Waals surface area contributed by atoms with Crippen molar-refractivity contribution in [2.45, 2.75) is 12.8 Å². The number of piperazine rings is 1. The summed E-state index contributed by atoms with van der Waals surface area (Å²) in [6.45, 7) is 5.25. The van der Waals surface area contributed by atoms with Crippen LogP contribution in [0.1, 0.15) is 12.0 Å². The number of hydrogen-bond donors (Lipinski definition) is 0. The summed E-state index contributed by atoms with van der Waals surface area (Å²) in [4.78, 5) is 13.3. The van der Waals surface area contributed by atoms with Gasteiger partial charge in [-0.1, -0.05) is 18.2 Å². The Hall–Kier alpha value is -2.18. The summed E-state index contributed by atoms with van der Waals surface area (Å²) in [5.41, 5.74) is 1.50. The summed E-state index contributed by atoms with van der Waals surface area (Å²) in [6.07, 6.45) is 5.69. The first-order chi connectivity index (χ1) is 12.8. The van der Waals surface area contributed by atoms with Gasteiger partial charge in [-0.15, -0.1) is 11.3 Å². The van der Waals surface area contributed by atoms with E-state index in [0.29, 0.717) is 0 Å². The summed E-state index contributed by atoms with van der Waals surface area (Å²) in [6, 6.07) is 8.72. The summed E-state index contributed by atoms with van der Waals surface area (Å²) in [5, 5.41) is 3.75. The summed E-state index contributed by atoms with van der Waals surface area (Å²) < 4.78 is 6.79. The SMILES string of the molecule is COc1cncnc1N1CCN(CCCc2csc3ccccc23)CC1. The Morgan fingerprint density at radius 1 is 1.15 bits per heavy atom. The summed E-state index contributed by atoms with van der Waals surface area (Å²) >= 11 is 1.86. The summed E-state index contributed by atoms with van der Waals surface area (Å²) in [5.74, 6) is 1.66. The van der Waals surface area contributed by atoms with Gasteiger partial charge < -0.3 is 9.64 Å². The number of nitrogens with zero attached hydrogens (tertiary/aromatic N) is 4. The van der Waals surface area contributed by atoms with Crippen LogP contribution < -0.4 is 9.64 Å². The van der Waals surface area contributed by atoms with Crippen LogP contribution in [0.4, 0.5) is 5.82 Å². The Balaban J connectivity index is 1.28. The highest BCUT2D eigenvalue weighted by atomic mass is 32.1. The van der Waals surface area contributed by atoms with Crippen molar-refractivity contribution in [1.29, 1.82) is 0 Å². The van der Waals surface area contributed by atoms with Crippen LogP contribution in [0.2, 0.25) is 0 Å². The molecule has 1 aliphatic heterocycles. The molecule has 136 valence electrons. The maximum Gasteiger partial charge on any atom is 0.179 e. The largest absolute Gasteiger partial charge is 0.491 e. The molecule has 5 nitrogen and oxygen atoms in total. The maximum absolute atomic E-state index is 5.39. The van der Waals surface area contributed by atoms with Crippen LogP contribution in [0.3, 0.4) is 0 Å². The number of methoxy groups -OCH3 is 1. The van der Waals surface area contributed by atoms with E-state index < -0.39 is 0 Å². The first-order valence-electron chi connectivity index (χ1n) is 9.11. The Morgan fingerprint density at radius 2 is 2.00 bits per heavy atom. The molecular formula is C20H24N4OS. The van der Waals surface area contributed by atoms with E-state index in [1.807, 2.05) is 11.3 Å². The van der Waals surface area contributed by atoms with Crippen LogP contribution in [-0.2, 0) is 6.42 Å². The molecule has 1 saturated heterocycles. The topological polar surface area (TPSA) is 41.5 Å².